The summed E-state index contributed by atoms with van der Waals surface area (Å²) in [6.45, 7) is 0.996. The first kappa shape index (κ1) is 16.0. The summed E-state index contributed by atoms with van der Waals surface area (Å²) in [5.41, 5.74) is -2.60. The molecule has 0 fully saturated rings. The van der Waals surface area contributed by atoms with Gasteiger partial charge in [0.05, 0.1) is 16.3 Å². The smallest absolute Gasteiger partial charge is 0.320 e. The van der Waals surface area contributed by atoms with Crippen LogP contribution in [-0.4, -0.2) is 23.4 Å². The molecule has 0 spiro atoms. The Labute approximate surface area is 125 Å². The summed E-state index contributed by atoms with van der Waals surface area (Å²) in [6.07, 6.45) is -4.74. The third kappa shape index (κ3) is 2.93. The van der Waals surface area contributed by atoms with Gasteiger partial charge >= 0.3 is 12.1 Å². The van der Waals surface area contributed by atoms with Gasteiger partial charge in [-0.25, -0.2) is 4.79 Å². The molecule has 0 aliphatic carbocycles. The Hall–Kier alpha value is -2.42. The highest BCUT2D eigenvalue weighted by Gasteiger charge is 2.38. The number of benzene rings is 1. The number of rotatable bonds is 1. The molecular weight excluding hydrogens is 329 g/mol. The molecule has 1 amide bonds. The number of hydrogen-bond acceptors (Lipinski definition) is 5. The zero-order chi connectivity index (χ0) is 16.7. The number of alkyl halides is 3. The van der Waals surface area contributed by atoms with Gasteiger partial charge < -0.3 is 10.2 Å². The number of hydrogen-bond donors (Lipinski definition) is 1. The van der Waals surface area contributed by atoms with Crippen LogP contribution in [0.4, 0.5) is 18.9 Å². The number of amides is 1. The highest BCUT2D eigenvalue weighted by molar-refractivity contribution is 6.72. The van der Waals surface area contributed by atoms with Gasteiger partial charge in [-0.3, -0.25) is 9.59 Å². The summed E-state index contributed by atoms with van der Waals surface area (Å²) in [5.74, 6) is -2.96. The van der Waals surface area contributed by atoms with Gasteiger partial charge in [0.1, 0.15) is 0 Å². The lowest BCUT2D eigenvalue weighted by Gasteiger charge is -2.19. The summed E-state index contributed by atoms with van der Waals surface area (Å²) in [6, 6.07) is 1.32. The molecule has 1 N–H and O–H groups in total. The van der Waals surface area contributed by atoms with E-state index >= 15 is 0 Å². The standard InChI is InChI=1S/C12H6ClF3N2O4/c1-4(19)22-18-9-10(20)5-2-7(13)6(12(14,15)16)3-8(5)17-11(9)21/h2-3H,1H3,(H,17,21). The quantitative estimate of drug-likeness (QED) is 0.631. The maximum Gasteiger partial charge on any atom is 0.417 e. The van der Waals surface area contributed by atoms with Gasteiger partial charge in [-0.15, -0.1) is 0 Å². The lowest BCUT2D eigenvalue weighted by Crippen LogP contribution is -2.36. The Balaban J connectivity index is 2.52. The van der Waals surface area contributed by atoms with Gasteiger partial charge in [0.2, 0.25) is 11.5 Å². The molecule has 2 rings (SSSR count). The third-order valence-corrected chi connectivity index (χ3v) is 2.91. The van der Waals surface area contributed by atoms with Crippen LogP contribution in [0, 0.1) is 0 Å². The molecule has 6 nitrogen and oxygen atoms in total. The van der Waals surface area contributed by atoms with Crippen molar-refractivity contribution in [2.75, 3.05) is 5.32 Å². The monoisotopic (exact) mass is 334 g/mol. The molecule has 1 aromatic rings. The molecule has 0 aromatic heterocycles. The maximum atomic E-state index is 12.7. The van der Waals surface area contributed by atoms with E-state index in [1.54, 1.807) is 0 Å². The third-order valence-electron chi connectivity index (χ3n) is 2.60. The van der Waals surface area contributed by atoms with E-state index in [-0.39, 0.29) is 11.3 Å². The largest absolute Gasteiger partial charge is 0.417 e. The maximum absolute atomic E-state index is 12.7. The second-order valence-corrected chi connectivity index (χ2v) is 4.59. The van der Waals surface area contributed by atoms with Crippen molar-refractivity contribution >= 4 is 40.7 Å². The summed E-state index contributed by atoms with van der Waals surface area (Å²) in [4.78, 5) is 38.5. The molecule has 1 heterocycles. The van der Waals surface area contributed by atoms with Crippen molar-refractivity contribution in [3.05, 3.63) is 28.3 Å². The Morgan fingerprint density at radius 3 is 2.50 bits per heavy atom. The fourth-order valence-electron chi connectivity index (χ4n) is 1.69. The van der Waals surface area contributed by atoms with Crippen molar-refractivity contribution in [1.82, 2.24) is 0 Å². The fraction of sp³-hybridized carbons (Fsp3) is 0.167. The van der Waals surface area contributed by atoms with Crippen LogP contribution < -0.4 is 5.32 Å². The minimum absolute atomic E-state index is 0.288. The van der Waals surface area contributed by atoms with E-state index in [0.717, 1.165) is 13.0 Å². The van der Waals surface area contributed by atoms with Gasteiger partial charge in [-0.05, 0) is 12.1 Å². The van der Waals surface area contributed by atoms with Crippen LogP contribution in [0.5, 0.6) is 0 Å². The number of carbonyl (C=O) groups is 3. The average molecular weight is 335 g/mol. The molecule has 1 aromatic carbocycles. The molecule has 22 heavy (non-hydrogen) atoms. The summed E-state index contributed by atoms with van der Waals surface area (Å²) in [5, 5.41) is 4.44. The number of oxime groups is 1. The van der Waals surface area contributed by atoms with Crippen LogP contribution in [0.1, 0.15) is 22.8 Å². The number of anilines is 1. The van der Waals surface area contributed by atoms with E-state index in [9.17, 15) is 27.6 Å². The fourth-order valence-corrected chi connectivity index (χ4v) is 1.96. The molecule has 0 unspecified atom stereocenters. The van der Waals surface area contributed by atoms with Crippen LogP contribution in [0.3, 0.4) is 0 Å². The summed E-state index contributed by atoms with van der Waals surface area (Å²) in [7, 11) is 0. The number of fused-ring (bicyclic) bond motifs is 1. The van der Waals surface area contributed by atoms with Gasteiger partial charge in [0.25, 0.3) is 5.91 Å². The molecule has 0 saturated carbocycles. The zero-order valence-electron chi connectivity index (χ0n) is 10.7. The number of carbonyl (C=O) groups excluding carboxylic acids is 3. The lowest BCUT2D eigenvalue weighted by molar-refractivity contribution is -0.141. The van der Waals surface area contributed by atoms with E-state index < -0.39 is 40.1 Å². The Kier molecular flexibility index (Phi) is 3.92. The Bertz CT molecular complexity index is 728. The second-order valence-electron chi connectivity index (χ2n) is 4.18. The van der Waals surface area contributed by atoms with Crippen molar-refractivity contribution in [3.63, 3.8) is 0 Å². The molecule has 1 aliphatic rings. The molecule has 116 valence electrons. The predicted octanol–water partition coefficient (Wildman–Crippen LogP) is 2.41. The first-order valence-corrected chi connectivity index (χ1v) is 6.01. The first-order valence-electron chi connectivity index (χ1n) is 5.63. The predicted molar refractivity (Wildman–Crippen MR) is 68.6 cm³/mol. The number of Topliss-reactive ketones (excluding diaryl/α,β-unsaturated/α-hetero) is 1. The normalized spacial score (nSPS) is 16.3. The number of halogens is 4. The minimum atomic E-state index is -4.74. The lowest BCUT2D eigenvalue weighted by atomic mass is 9.98. The minimum Gasteiger partial charge on any atom is -0.320 e. The summed E-state index contributed by atoms with van der Waals surface area (Å²) < 4.78 is 38.2. The van der Waals surface area contributed by atoms with Gasteiger partial charge in [-0.1, -0.05) is 16.8 Å². The SMILES string of the molecule is CC(=O)ON=C1C(=O)Nc2cc(C(F)(F)F)c(Cl)cc2C1=O. The summed E-state index contributed by atoms with van der Waals surface area (Å²) >= 11 is 5.51. The number of nitrogens with one attached hydrogen (secondary N) is 1. The van der Waals surface area contributed by atoms with Gasteiger partial charge in [0.15, 0.2) is 0 Å². The molecule has 1 aliphatic heterocycles. The van der Waals surface area contributed by atoms with Crippen molar-refractivity contribution < 1.29 is 32.4 Å². The van der Waals surface area contributed by atoms with E-state index in [2.05, 4.69) is 15.3 Å². The highest BCUT2D eigenvalue weighted by Crippen LogP contribution is 2.38. The van der Waals surface area contributed by atoms with Crippen LogP contribution in [-0.2, 0) is 20.6 Å². The van der Waals surface area contributed by atoms with E-state index in [1.165, 1.54) is 0 Å². The molecule has 10 heteroatoms. The topological polar surface area (TPSA) is 84.8 Å². The number of nitrogens with zero attached hydrogens (tertiary/aromatic N) is 1. The van der Waals surface area contributed by atoms with Crippen LogP contribution in [0.2, 0.25) is 5.02 Å². The molecule has 0 atom stereocenters. The Morgan fingerprint density at radius 2 is 1.95 bits per heavy atom. The van der Waals surface area contributed by atoms with Gasteiger partial charge in [0, 0.05) is 12.5 Å². The van der Waals surface area contributed by atoms with Crippen molar-refractivity contribution in [3.8, 4) is 0 Å². The highest BCUT2D eigenvalue weighted by atomic mass is 35.5. The second kappa shape index (κ2) is 5.41. The van der Waals surface area contributed by atoms with E-state index in [0.29, 0.717) is 6.07 Å². The number of ketones is 1. The van der Waals surface area contributed by atoms with Crippen LogP contribution in [0.25, 0.3) is 0 Å². The molecule has 0 saturated heterocycles. The van der Waals surface area contributed by atoms with Gasteiger partial charge in [-0.2, -0.15) is 13.2 Å². The zero-order valence-corrected chi connectivity index (χ0v) is 11.5. The van der Waals surface area contributed by atoms with Crippen LogP contribution >= 0.6 is 11.6 Å². The average Bonchev–Trinajstić information content (AvgIpc) is 2.37. The first-order chi connectivity index (χ1) is 10.1. The van der Waals surface area contributed by atoms with E-state index in [4.69, 9.17) is 11.6 Å². The van der Waals surface area contributed by atoms with Crippen molar-refractivity contribution in [2.45, 2.75) is 13.1 Å². The van der Waals surface area contributed by atoms with Crippen molar-refractivity contribution in [2.24, 2.45) is 5.16 Å². The van der Waals surface area contributed by atoms with Crippen molar-refractivity contribution in [1.29, 1.82) is 0 Å². The molecular formula is C12H6ClF3N2O4. The molecule has 0 bridgehead atoms. The van der Waals surface area contributed by atoms with Crippen LogP contribution in [0.15, 0.2) is 17.3 Å². The molecule has 0 radical (unpaired) electrons. The Morgan fingerprint density at radius 1 is 1.32 bits per heavy atom. The van der Waals surface area contributed by atoms with E-state index in [1.807, 2.05) is 0 Å².